The summed E-state index contributed by atoms with van der Waals surface area (Å²) >= 11 is 0. The molecule has 0 saturated carbocycles. The zero-order chi connectivity index (χ0) is 22.1. The molecule has 0 atom stereocenters. The number of ketones is 1. The van der Waals surface area contributed by atoms with Gasteiger partial charge in [0.15, 0.2) is 5.76 Å². The number of fused-ring (bicyclic) bond motifs is 3. The van der Waals surface area contributed by atoms with E-state index in [0.717, 1.165) is 33.9 Å². The summed E-state index contributed by atoms with van der Waals surface area (Å²) in [5.41, 5.74) is 3.35. The van der Waals surface area contributed by atoms with Gasteiger partial charge in [0.1, 0.15) is 29.7 Å². The van der Waals surface area contributed by atoms with Crippen LogP contribution >= 0.6 is 0 Å². The molecule has 162 valence electrons. The molecule has 3 aromatic rings. The van der Waals surface area contributed by atoms with E-state index in [1.807, 2.05) is 54.6 Å². The summed E-state index contributed by atoms with van der Waals surface area (Å²) in [6, 6.07) is 19.1. The van der Waals surface area contributed by atoms with Gasteiger partial charge >= 0.3 is 0 Å². The molecule has 0 aromatic heterocycles. The van der Waals surface area contributed by atoms with Crippen molar-refractivity contribution in [2.75, 3.05) is 21.0 Å². The van der Waals surface area contributed by atoms with Crippen molar-refractivity contribution in [3.8, 4) is 23.0 Å². The molecule has 2 aliphatic heterocycles. The molecule has 0 radical (unpaired) electrons. The molecule has 2 aliphatic rings. The molecule has 32 heavy (non-hydrogen) atoms. The number of rotatable bonds is 5. The first-order valence-corrected chi connectivity index (χ1v) is 10.4. The minimum atomic E-state index is -0.132. The van der Waals surface area contributed by atoms with E-state index in [0.29, 0.717) is 36.9 Å². The van der Waals surface area contributed by atoms with Crippen LogP contribution in [-0.4, -0.2) is 31.6 Å². The number of methoxy groups -OCH3 is 2. The van der Waals surface area contributed by atoms with Gasteiger partial charge in [-0.3, -0.25) is 9.69 Å². The maximum atomic E-state index is 13.0. The van der Waals surface area contributed by atoms with Crippen LogP contribution in [0.1, 0.15) is 27.0 Å². The van der Waals surface area contributed by atoms with Crippen LogP contribution in [-0.2, 0) is 13.1 Å². The van der Waals surface area contributed by atoms with Crippen LogP contribution in [0.4, 0.5) is 0 Å². The average molecular weight is 429 g/mol. The van der Waals surface area contributed by atoms with Crippen molar-refractivity contribution in [3.63, 3.8) is 0 Å². The zero-order valence-electron chi connectivity index (χ0n) is 18.0. The molecule has 3 aromatic carbocycles. The van der Waals surface area contributed by atoms with Gasteiger partial charge in [-0.2, -0.15) is 0 Å². The maximum absolute atomic E-state index is 13.0. The van der Waals surface area contributed by atoms with Crippen molar-refractivity contribution in [1.29, 1.82) is 0 Å². The van der Waals surface area contributed by atoms with Crippen molar-refractivity contribution in [1.82, 2.24) is 4.90 Å². The highest BCUT2D eigenvalue weighted by molar-refractivity contribution is 6.15. The fourth-order valence-corrected chi connectivity index (χ4v) is 4.06. The number of hydrogen-bond acceptors (Lipinski definition) is 6. The van der Waals surface area contributed by atoms with Crippen LogP contribution in [0.5, 0.6) is 23.0 Å². The third-order valence-corrected chi connectivity index (χ3v) is 5.66. The molecule has 0 amide bonds. The first-order chi connectivity index (χ1) is 15.7. The highest BCUT2D eigenvalue weighted by Gasteiger charge is 2.33. The highest BCUT2D eigenvalue weighted by atomic mass is 16.5. The topological polar surface area (TPSA) is 57.2 Å². The number of para-hydroxylation sites is 1. The number of Topliss-reactive ketones (excluding diaryl/α,β-unsaturated/α-hetero) is 1. The Morgan fingerprint density at radius 3 is 2.75 bits per heavy atom. The van der Waals surface area contributed by atoms with E-state index >= 15 is 0 Å². The van der Waals surface area contributed by atoms with Crippen LogP contribution in [0, 0.1) is 0 Å². The number of nitrogens with zero attached hydrogens (tertiary/aromatic N) is 1. The molecule has 5 rings (SSSR count). The van der Waals surface area contributed by atoms with Crippen LogP contribution < -0.4 is 18.9 Å². The second kappa shape index (κ2) is 8.40. The molecule has 6 nitrogen and oxygen atoms in total. The second-order valence-electron chi connectivity index (χ2n) is 7.71. The average Bonchev–Trinajstić information content (AvgIpc) is 3.15. The van der Waals surface area contributed by atoms with Crippen LogP contribution in [0.15, 0.2) is 66.4 Å². The number of carbonyl (C=O) groups is 1. The molecule has 0 unspecified atom stereocenters. The van der Waals surface area contributed by atoms with E-state index in [4.69, 9.17) is 18.9 Å². The number of ether oxygens (including phenoxy) is 4. The van der Waals surface area contributed by atoms with Gasteiger partial charge in [0.2, 0.25) is 5.78 Å². The van der Waals surface area contributed by atoms with Gasteiger partial charge in [-0.25, -0.2) is 0 Å². The van der Waals surface area contributed by atoms with Crippen LogP contribution in [0.25, 0.3) is 6.08 Å². The molecule has 0 spiro atoms. The Balaban J connectivity index is 1.42. The number of benzene rings is 3. The molecule has 0 aliphatic carbocycles. The summed E-state index contributed by atoms with van der Waals surface area (Å²) in [5.74, 6) is 3.05. The molecule has 0 saturated heterocycles. The SMILES string of the molecule is COc1cccc(/C=C2\Oc3c(ccc4c3CN(Cc3ccccc3OC)CO4)C2=O)c1. The lowest BCUT2D eigenvalue weighted by molar-refractivity contribution is 0.0865. The summed E-state index contributed by atoms with van der Waals surface area (Å²) in [5, 5.41) is 0. The lowest BCUT2D eigenvalue weighted by atomic mass is 10.0. The zero-order valence-corrected chi connectivity index (χ0v) is 18.0. The fourth-order valence-electron chi connectivity index (χ4n) is 4.06. The van der Waals surface area contributed by atoms with Gasteiger partial charge in [0.25, 0.3) is 0 Å². The van der Waals surface area contributed by atoms with Crippen molar-refractivity contribution >= 4 is 11.9 Å². The van der Waals surface area contributed by atoms with E-state index < -0.39 is 0 Å². The predicted octanol–water partition coefficient (Wildman–Crippen LogP) is 4.67. The van der Waals surface area contributed by atoms with Gasteiger partial charge in [-0.05, 0) is 42.0 Å². The second-order valence-corrected chi connectivity index (χ2v) is 7.71. The molecule has 0 N–H and O–H groups in total. The molecule has 6 heteroatoms. The van der Waals surface area contributed by atoms with E-state index in [1.54, 1.807) is 26.4 Å². The lowest BCUT2D eigenvalue weighted by Crippen LogP contribution is -2.31. The molecule has 0 bridgehead atoms. The Morgan fingerprint density at radius 1 is 1.03 bits per heavy atom. The highest BCUT2D eigenvalue weighted by Crippen LogP contribution is 2.42. The number of carbonyl (C=O) groups excluding carboxylic acids is 1. The van der Waals surface area contributed by atoms with E-state index in [9.17, 15) is 4.79 Å². The van der Waals surface area contributed by atoms with E-state index in [-0.39, 0.29) is 5.78 Å². The summed E-state index contributed by atoms with van der Waals surface area (Å²) in [6.45, 7) is 1.72. The minimum absolute atomic E-state index is 0.132. The fraction of sp³-hybridized carbons (Fsp3) is 0.192. The Hall–Kier alpha value is -3.77. The first-order valence-electron chi connectivity index (χ1n) is 10.4. The Kier molecular flexibility index (Phi) is 5.29. The smallest absolute Gasteiger partial charge is 0.231 e. The third-order valence-electron chi connectivity index (χ3n) is 5.66. The van der Waals surface area contributed by atoms with Crippen molar-refractivity contribution < 1.29 is 23.7 Å². The van der Waals surface area contributed by atoms with E-state index in [2.05, 4.69) is 4.90 Å². The van der Waals surface area contributed by atoms with Gasteiger partial charge in [0, 0.05) is 18.7 Å². The Bertz CT molecular complexity index is 1220. The predicted molar refractivity (Wildman–Crippen MR) is 120 cm³/mol. The molecular formula is C26H23NO5. The standard InChI is InChI=1S/C26H23NO5/c1-29-19-8-5-6-17(12-19)13-24-25(28)20-10-11-23-21(26(20)32-24)15-27(16-31-23)14-18-7-3-4-9-22(18)30-2/h3-13H,14-16H2,1-2H3/b24-13-. The van der Waals surface area contributed by atoms with Crippen molar-refractivity contribution in [3.05, 3.63) is 88.7 Å². The molecule has 2 heterocycles. The number of hydrogen-bond donors (Lipinski definition) is 0. The van der Waals surface area contributed by atoms with Gasteiger partial charge in [-0.15, -0.1) is 0 Å². The van der Waals surface area contributed by atoms with Crippen LogP contribution in [0.3, 0.4) is 0 Å². The minimum Gasteiger partial charge on any atom is -0.497 e. The van der Waals surface area contributed by atoms with Gasteiger partial charge in [-0.1, -0.05) is 30.3 Å². The quantitative estimate of drug-likeness (QED) is 0.550. The van der Waals surface area contributed by atoms with Crippen molar-refractivity contribution in [2.45, 2.75) is 13.1 Å². The molecule has 0 fully saturated rings. The monoisotopic (exact) mass is 429 g/mol. The third kappa shape index (κ3) is 3.69. The first kappa shape index (κ1) is 20.2. The summed E-state index contributed by atoms with van der Waals surface area (Å²) in [7, 11) is 3.28. The normalized spacial score (nSPS) is 16.2. The lowest BCUT2D eigenvalue weighted by Gasteiger charge is -2.30. The largest absolute Gasteiger partial charge is 0.497 e. The Labute approximate surface area is 186 Å². The Morgan fingerprint density at radius 2 is 1.91 bits per heavy atom. The van der Waals surface area contributed by atoms with Crippen molar-refractivity contribution in [2.24, 2.45) is 0 Å². The van der Waals surface area contributed by atoms with Gasteiger partial charge < -0.3 is 18.9 Å². The number of allylic oxidation sites excluding steroid dienone is 1. The van der Waals surface area contributed by atoms with Crippen LogP contribution in [0.2, 0.25) is 0 Å². The molecular weight excluding hydrogens is 406 g/mol. The maximum Gasteiger partial charge on any atom is 0.231 e. The summed E-state index contributed by atoms with van der Waals surface area (Å²) in [4.78, 5) is 15.2. The summed E-state index contributed by atoms with van der Waals surface area (Å²) < 4.78 is 22.8. The summed E-state index contributed by atoms with van der Waals surface area (Å²) in [6.07, 6.45) is 1.74. The van der Waals surface area contributed by atoms with Gasteiger partial charge in [0.05, 0.1) is 25.3 Å². The van der Waals surface area contributed by atoms with E-state index in [1.165, 1.54) is 0 Å².